The van der Waals surface area contributed by atoms with E-state index in [0.717, 1.165) is 35.9 Å². The summed E-state index contributed by atoms with van der Waals surface area (Å²) in [6, 6.07) is 16.1. The second-order valence-electron chi connectivity index (χ2n) is 7.93. The highest BCUT2D eigenvalue weighted by Crippen LogP contribution is 2.25. The van der Waals surface area contributed by atoms with Gasteiger partial charge >= 0.3 is 0 Å². The fourth-order valence-electron chi connectivity index (χ4n) is 3.94. The molecule has 0 N–H and O–H groups in total. The summed E-state index contributed by atoms with van der Waals surface area (Å²) in [6.07, 6.45) is 4.02. The summed E-state index contributed by atoms with van der Waals surface area (Å²) in [6.45, 7) is 2.92. The van der Waals surface area contributed by atoms with E-state index in [2.05, 4.69) is 10.00 Å². The molecule has 0 aliphatic carbocycles. The van der Waals surface area contributed by atoms with Gasteiger partial charge in [0.25, 0.3) is 0 Å². The van der Waals surface area contributed by atoms with Crippen LogP contribution in [0.5, 0.6) is 0 Å². The van der Waals surface area contributed by atoms with E-state index in [-0.39, 0.29) is 6.10 Å². The highest BCUT2D eigenvalue weighted by Gasteiger charge is 2.22. The summed E-state index contributed by atoms with van der Waals surface area (Å²) in [5.74, 6) is 2.17. The highest BCUT2D eigenvalue weighted by molar-refractivity contribution is 5.58. The number of rotatable bonds is 7. The summed E-state index contributed by atoms with van der Waals surface area (Å²) in [5.41, 5.74) is 3.00. The number of anilines is 1. The van der Waals surface area contributed by atoms with Gasteiger partial charge in [-0.05, 0) is 12.1 Å². The number of aryl methyl sites for hydroxylation is 1. The lowest BCUT2D eigenvalue weighted by Crippen LogP contribution is -2.37. The van der Waals surface area contributed by atoms with Gasteiger partial charge < -0.3 is 14.4 Å². The number of hydrogen-bond acceptors (Lipinski definition) is 7. The largest absolute Gasteiger partial charge is 0.378 e. The SMILES string of the molecule is COC(Cc1ccnn1C)c1nc(N2CCOCC2)cc(-n2ccc(-c3ccccc3)n2)n1. The summed E-state index contributed by atoms with van der Waals surface area (Å²) in [4.78, 5) is 12.0. The van der Waals surface area contributed by atoms with Crippen LogP contribution >= 0.6 is 0 Å². The van der Waals surface area contributed by atoms with Gasteiger partial charge in [0, 0.05) is 63.4 Å². The molecule has 0 bridgehead atoms. The number of hydrogen-bond donors (Lipinski definition) is 0. The normalized spacial score (nSPS) is 15.0. The first-order valence-electron chi connectivity index (χ1n) is 11.0. The number of benzene rings is 1. The van der Waals surface area contributed by atoms with Crippen LogP contribution in [0.1, 0.15) is 17.6 Å². The van der Waals surface area contributed by atoms with E-state index in [4.69, 9.17) is 24.5 Å². The van der Waals surface area contributed by atoms with E-state index in [0.29, 0.717) is 31.3 Å². The molecule has 170 valence electrons. The Morgan fingerprint density at radius 1 is 1.03 bits per heavy atom. The Morgan fingerprint density at radius 2 is 1.82 bits per heavy atom. The molecular formula is C24H27N7O2. The summed E-state index contributed by atoms with van der Waals surface area (Å²) >= 11 is 0. The lowest BCUT2D eigenvalue weighted by molar-refractivity contribution is 0.0941. The molecule has 0 saturated carbocycles. The van der Waals surface area contributed by atoms with E-state index in [1.165, 1.54) is 0 Å². The third-order valence-corrected chi connectivity index (χ3v) is 5.83. The zero-order valence-corrected chi connectivity index (χ0v) is 18.8. The maximum absolute atomic E-state index is 5.83. The molecule has 1 saturated heterocycles. The Hall–Kier alpha value is -3.56. The Balaban J connectivity index is 1.53. The van der Waals surface area contributed by atoms with Crippen molar-refractivity contribution in [3.63, 3.8) is 0 Å². The fourth-order valence-corrected chi connectivity index (χ4v) is 3.94. The summed E-state index contributed by atoms with van der Waals surface area (Å²) < 4.78 is 15.0. The molecule has 1 aliphatic heterocycles. The smallest absolute Gasteiger partial charge is 0.162 e. The standard InChI is InChI=1S/C24H27N7O2/c1-29-19(8-10-25-29)16-21(32-2)24-26-22(30-12-14-33-15-13-30)17-23(27-24)31-11-9-20(28-31)18-6-4-3-5-7-18/h3-11,17,21H,12-16H2,1-2H3. The van der Waals surface area contributed by atoms with Crippen molar-refractivity contribution in [1.29, 1.82) is 0 Å². The van der Waals surface area contributed by atoms with Gasteiger partial charge in [-0.15, -0.1) is 0 Å². The van der Waals surface area contributed by atoms with E-state index >= 15 is 0 Å². The molecule has 4 aromatic rings. The first-order chi connectivity index (χ1) is 16.2. The van der Waals surface area contributed by atoms with Crippen LogP contribution < -0.4 is 4.90 Å². The van der Waals surface area contributed by atoms with Gasteiger partial charge in [0.05, 0.1) is 18.9 Å². The van der Waals surface area contributed by atoms with Gasteiger partial charge in [-0.25, -0.2) is 14.6 Å². The molecule has 1 unspecified atom stereocenters. The van der Waals surface area contributed by atoms with E-state index in [1.807, 2.05) is 66.5 Å². The molecule has 4 heterocycles. The quantitative estimate of drug-likeness (QED) is 0.433. The number of nitrogens with zero attached hydrogens (tertiary/aromatic N) is 7. The summed E-state index contributed by atoms with van der Waals surface area (Å²) in [5, 5.41) is 9.05. The predicted molar refractivity (Wildman–Crippen MR) is 124 cm³/mol. The van der Waals surface area contributed by atoms with Crippen LogP contribution in [-0.2, 0) is 22.9 Å². The van der Waals surface area contributed by atoms with Crippen molar-refractivity contribution in [3.8, 4) is 17.1 Å². The van der Waals surface area contributed by atoms with Gasteiger partial charge in [0.2, 0.25) is 0 Å². The zero-order chi connectivity index (χ0) is 22.6. The van der Waals surface area contributed by atoms with Crippen molar-refractivity contribution >= 4 is 5.82 Å². The van der Waals surface area contributed by atoms with E-state index in [1.54, 1.807) is 18.0 Å². The number of methoxy groups -OCH3 is 1. The van der Waals surface area contributed by atoms with Crippen molar-refractivity contribution in [3.05, 3.63) is 72.4 Å². The van der Waals surface area contributed by atoms with Crippen LogP contribution in [0.15, 0.2) is 60.9 Å². The molecule has 33 heavy (non-hydrogen) atoms. The van der Waals surface area contributed by atoms with Gasteiger partial charge in [-0.1, -0.05) is 30.3 Å². The van der Waals surface area contributed by atoms with Gasteiger partial charge in [-0.2, -0.15) is 10.2 Å². The van der Waals surface area contributed by atoms with E-state index in [9.17, 15) is 0 Å². The fraction of sp³-hybridized carbons (Fsp3) is 0.333. The maximum atomic E-state index is 5.83. The first kappa shape index (κ1) is 21.3. The second-order valence-corrected chi connectivity index (χ2v) is 7.93. The number of morpholine rings is 1. The predicted octanol–water partition coefficient (Wildman–Crippen LogP) is 2.83. The zero-order valence-electron chi connectivity index (χ0n) is 18.8. The average molecular weight is 446 g/mol. The molecule has 9 heteroatoms. The molecule has 1 atom stereocenters. The number of ether oxygens (including phenoxy) is 2. The third-order valence-electron chi connectivity index (χ3n) is 5.83. The molecule has 1 aliphatic rings. The van der Waals surface area contributed by atoms with Gasteiger partial charge in [0.15, 0.2) is 11.6 Å². The topological polar surface area (TPSA) is 83.1 Å². The minimum atomic E-state index is -0.315. The lowest BCUT2D eigenvalue weighted by Gasteiger charge is -2.28. The van der Waals surface area contributed by atoms with Crippen LogP contribution in [0.25, 0.3) is 17.1 Å². The molecule has 3 aromatic heterocycles. The molecule has 9 nitrogen and oxygen atoms in total. The second kappa shape index (κ2) is 9.51. The monoisotopic (exact) mass is 445 g/mol. The molecule has 1 fully saturated rings. The van der Waals surface area contributed by atoms with Crippen LogP contribution in [0.4, 0.5) is 5.82 Å². The molecular weight excluding hydrogens is 418 g/mol. The Labute approximate surface area is 192 Å². The molecule has 5 rings (SSSR count). The lowest BCUT2D eigenvalue weighted by atomic mass is 10.2. The molecule has 1 aromatic carbocycles. The third kappa shape index (κ3) is 4.64. The van der Waals surface area contributed by atoms with Crippen LogP contribution in [0, 0.1) is 0 Å². The van der Waals surface area contributed by atoms with E-state index < -0.39 is 0 Å². The van der Waals surface area contributed by atoms with Crippen molar-refractivity contribution in [1.82, 2.24) is 29.5 Å². The highest BCUT2D eigenvalue weighted by atomic mass is 16.5. The minimum Gasteiger partial charge on any atom is -0.378 e. The van der Waals surface area contributed by atoms with Gasteiger partial charge in [-0.3, -0.25) is 4.68 Å². The van der Waals surface area contributed by atoms with Gasteiger partial charge in [0.1, 0.15) is 11.9 Å². The Morgan fingerprint density at radius 3 is 2.55 bits per heavy atom. The Bertz CT molecular complexity index is 1200. The van der Waals surface area contributed by atoms with Crippen LogP contribution in [-0.4, -0.2) is 62.9 Å². The minimum absolute atomic E-state index is 0.315. The molecule has 0 amide bonds. The molecule has 0 radical (unpaired) electrons. The number of aromatic nitrogens is 6. The molecule has 0 spiro atoms. The van der Waals surface area contributed by atoms with Crippen molar-refractivity contribution < 1.29 is 9.47 Å². The Kier molecular flexibility index (Phi) is 6.14. The average Bonchev–Trinajstić information content (AvgIpc) is 3.53. The first-order valence-corrected chi connectivity index (χ1v) is 11.0. The maximum Gasteiger partial charge on any atom is 0.162 e. The van der Waals surface area contributed by atoms with Crippen molar-refractivity contribution in [2.45, 2.75) is 12.5 Å². The van der Waals surface area contributed by atoms with Crippen molar-refractivity contribution in [2.75, 3.05) is 38.3 Å². The summed E-state index contributed by atoms with van der Waals surface area (Å²) in [7, 11) is 3.61. The van der Waals surface area contributed by atoms with Crippen LogP contribution in [0.2, 0.25) is 0 Å². The van der Waals surface area contributed by atoms with Crippen LogP contribution in [0.3, 0.4) is 0 Å². The van der Waals surface area contributed by atoms with Crippen molar-refractivity contribution in [2.24, 2.45) is 7.05 Å².